The molecule has 0 radical (unpaired) electrons. The molecular formula is C16H15NO2. The standard InChI is InChI=1S/C16H15NO2/c1-11-8-9-14-13(10-11)15(18)16(17-14,19-2)12-6-4-3-5-7-12/h3-10,17H,1-2H3. The second-order valence-electron chi connectivity index (χ2n) is 4.75. The van der Waals surface area contributed by atoms with Crippen LogP contribution in [0.15, 0.2) is 48.5 Å². The highest BCUT2D eigenvalue weighted by atomic mass is 16.5. The largest absolute Gasteiger partial charge is 0.348 e. The lowest BCUT2D eigenvalue weighted by molar-refractivity contribution is 0.0194. The summed E-state index contributed by atoms with van der Waals surface area (Å²) in [5.74, 6) is -0.0418. The lowest BCUT2D eigenvalue weighted by Gasteiger charge is -2.27. The van der Waals surface area contributed by atoms with Gasteiger partial charge in [0, 0.05) is 23.9 Å². The number of carbonyl (C=O) groups excluding carboxylic acids is 1. The van der Waals surface area contributed by atoms with E-state index < -0.39 is 5.72 Å². The summed E-state index contributed by atoms with van der Waals surface area (Å²) in [6.45, 7) is 1.98. The molecule has 1 aliphatic rings. The van der Waals surface area contributed by atoms with Crippen molar-refractivity contribution in [1.29, 1.82) is 0 Å². The average molecular weight is 253 g/mol. The van der Waals surface area contributed by atoms with Crippen LogP contribution in [0.2, 0.25) is 0 Å². The number of hydrogen-bond donors (Lipinski definition) is 1. The topological polar surface area (TPSA) is 38.3 Å². The Morgan fingerprint density at radius 2 is 1.84 bits per heavy atom. The SMILES string of the molecule is COC1(c2ccccc2)Nc2ccc(C)cc2C1=O. The first-order valence-electron chi connectivity index (χ1n) is 6.22. The lowest BCUT2D eigenvalue weighted by atomic mass is 9.96. The Hall–Kier alpha value is -2.13. The van der Waals surface area contributed by atoms with Crippen LogP contribution in [0.4, 0.5) is 5.69 Å². The minimum Gasteiger partial charge on any atom is -0.348 e. The predicted molar refractivity (Wildman–Crippen MR) is 74.3 cm³/mol. The molecule has 0 fully saturated rings. The normalized spacial score (nSPS) is 21.1. The summed E-state index contributed by atoms with van der Waals surface area (Å²) in [5, 5.41) is 3.22. The third-order valence-electron chi connectivity index (χ3n) is 3.54. The molecule has 0 aliphatic carbocycles. The molecule has 1 aliphatic heterocycles. The summed E-state index contributed by atoms with van der Waals surface area (Å²) in [7, 11) is 1.55. The molecular weight excluding hydrogens is 238 g/mol. The van der Waals surface area contributed by atoms with Crippen molar-refractivity contribution in [3.8, 4) is 0 Å². The first-order chi connectivity index (χ1) is 9.17. The van der Waals surface area contributed by atoms with Crippen molar-refractivity contribution in [2.75, 3.05) is 12.4 Å². The second kappa shape index (κ2) is 4.21. The number of ketones is 1. The number of ether oxygens (including phenoxy) is 1. The Morgan fingerprint density at radius 1 is 1.11 bits per heavy atom. The number of rotatable bonds is 2. The fourth-order valence-electron chi connectivity index (χ4n) is 2.53. The molecule has 3 rings (SSSR count). The van der Waals surface area contributed by atoms with Gasteiger partial charge in [0.15, 0.2) is 0 Å². The maximum atomic E-state index is 12.7. The van der Waals surface area contributed by atoms with Gasteiger partial charge < -0.3 is 10.1 Å². The minimum atomic E-state index is -1.10. The third kappa shape index (κ3) is 1.66. The Balaban J connectivity index is 2.15. The molecule has 1 unspecified atom stereocenters. The van der Waals surface area contributed by atoms with E-state index in [9.17, 15) is 4.79 Å². The zero-order chi connectivity index (χ0) is 13.5. The van der Waals surface area contributed by atoms with Gasteiger partial charge in [0.25, 0.3) is 0 Å². The number of carbonyl (C=O) groups is 1. The van der Waals surface area contributed by atoms with Crippen molar-refractivity contribution < 1.29 is 9.53 Å². The number of benzene rings is 2. The van der Waals surface area contributed by atoms with E-state index in [2.05, 4.69) is 5.32 Å². The fourth-order valence-corrected chi connectivity index (χ4v) is 2.53. The summed E-state index contributed by atoms with van der Waals surface area (Å²) in [6.07, 6.45) is 0. The van der Waals surface area contributed by atoms with Crippen molar-refractivity contribution in [3.05, 3.63) is 65.2 Å². The highest BCUT2D eigenvalue weighted by Gasteiger charge is 2.47. The average Bonchev–Trinajstić information content (AvgIpc) is 2.74. The van der Waals surface area contributed by atoms with Gasteiger partial charge in [0.1, 0.15) is 0 Å². The van der Waals surface area contributed by atoms with Crippen LogP contribution in [0, 0.1) is 6.92 Å². The van der Waals surface area contributed by atoms with Gasteiger partial charge in [0.05, 0.1) is 0 Å². The highest BCUT2D eigenvalue weighted by Crippen LogP contribution is 2.39. The molecule has 1 atom stereocenters. The second-order valence-corrected chi connectivity index (χ2v) is 4.75. The molecule has 19 heavy (non-hydrogen) atoms. The first-order valence-corrected chi connectivity index (χ1v) is 6.22. The van der Waals surface area contributed by atoms with E-state index in [1.54, 1.807) is 7.11 Å². The van der Waals surface area contributed by atoms with Crippen molar-refractivity contribution in [3.63, 3.8) is 0 Å². The molecule has 3 heteroatoms. The van der Waals surface area contributed by atoms with Crippen LogP contribution in [-0.4, -0.2) is 12.9 Å². The van der Waals surface area contributed by atoms with Crippen LogP contribution in [0.25, 0.3) is 0 Å². The molecule has 1 heterocycles. The first kappa shape index (κ1) is 11.9. The summed E-state index contributed by atoms with van der Waals surface area (Å²) in [6, 6.07) is 15.3. The maximum Gasteiger partial charge on any atom is 0.230 e. The van der Waals surface area contributed by atoms with Gasteiger partial charge in [-0.3, -0.25) is 4.79 Å². The van der Waals surface area contributed by atoms with E-state index in [4.69, 9.17) is 4.74 Å². The summed E-state index contributed by atoms with van der Waals surface area (Å²) in [5.41, 5.74) is 2.29. The lowest BCUT2D eigenvalue weighted by Crippen LogP contribution is -2.40. The third-order valence-corrected chi connectivity index (χ3v) is 3.54. The predicted octanol–water partition coefficient (Wildman–Crippen LogP) is 3.10. The number of methoxy groups -OCH3 is 1. The van der Waals surface area contributed by atoms with Crippen LogP contribution >= 0.6 is 0 Å². The zero-order valence-electron chi connectivity index (χ0n) is 10.9. The van der Waals surface area contributed by atoms with Crippen LogP contribution in [0.5, 0.6) is 0 Å². The van der Waals surface area contributed by atoms with E-state index >= 15 is 0 Å². The van der Waals surface area contributed by atoms with Crippen molar-refractivity contribution in [2.24, 2.45) is 0 Å². The van der Waals surface area contributed by atoms with Gasteiger partial charge in [-0.1, -0.05) is 42.0 Å². The van der Waals surface area contributed by atoms with Crippen LogP contribution < -0.4 is 5.32 Å². The van der Waals surface area contributed by atoms with E-state index in [0.29, 0.717) is 5.56 Å². The van der Waals surface area contributed by atoms with Crippen LogP contribution in [-0.2, 0) is 10.5 Å². The van der Waals surface area contributed by atoms with E-state index in [0.717, 1.165) is 16.8 Å². The smallest absolute Gasteiger partial charge is 0.230 e. The molecule has 96 valence electrons. The van der Waals surface area contributed by atoms with Crippen LogP contribution in [0.1, 0.15) is 21.5 Å². The summed E-state index contributed by atoms with van der Waals surface area (Å²) >= 11 is 0. The van der Waals surface area contributed by atoms with Gasteiger partial charge in [-0.2, -0.15) is 0 Å². The van der Waals surface area contributed by atoms with E-state index in [1.165, 1.54) is 0 Å². The Morgan fingerprint density at radius 3 is 2.53 bits per heavy atom. The Bertz CT molecular complexity index is 636. The Labute approximate surface area is 112 Å². The summed E-state index contributed by atoms with van der Waals surface area (Å²) < 4.78 is 5.56. The zero-order valence-corrected chi connectivity index (χ0v) is 10.9. The van der Waals surface area contributed by atoms with Gasteiger partial charge in [-0.25, -0.2) is 0 Å². The van der Waals surface area contributed by atoms with E-state index in [-0.39, 0.29) is 5.78 Å². The number of anilines is 1. The molecule has 0 bridgehead atoms. The van der Waals surface area contributed by atoms with Crippen molar-refractivity contribution in [2.45, 2.75) is 12.6 Å². The Kier molecular flexibility index (Phi) is 2.64. The van der Waals surface area contributed by atoms with Crippen molar-refractivity contribution in [1.82, 2.24) is 0 Å². The summed E-state index contributed by atoms with van der Waals surface area (Å²) in [4.78, 5) is 12.7. The molecule has 1 N–H and O–H groups in total. The van der Waals surface area contributed by atoms with Crippen LogP contribution in [0.3, 0.4) is 0 Å². The van der Waals surface area contributed by atoms with Gasteiger partial charge in [-0.15, -0.1) is 0 Å². The van der Waals surface area contributed by atoms with E-state index in [1.807, 2.05) is 55.5 Å². The molecule has 2 aromatic rings. The molecule has 0 saturated heterocycles. The van der Waals surface area contributed by atoms with Crippen molar-refractivity contribution >= 4 is 11.5 Å². The number of aryl methyl sites for hydroxylation is 1. The number of fused-ring (bicyclic) bond motifs is 1. The van der Waals surface area contributed by atoms with Gasteiger partial charge in [0.2, 0.25) is 11.5 Å². The highest BCUT2D eigenvalue weighted by molar-refractivity contribution is 6.12. The van der Waals surface area contributed by atoms with Gasteiger partial charge in [-0.05, 0) is 19.1 Å². The fraction of sp³-hybridized carbons (Fsp3) is 0.188. The molecule has 3 nitrogen and oxygen atoms in total. The molecule has 0 aromatic heterocycles. The number of Topliss-reactive ketones (excluding diaryl/α,β-unsaturated/α-hetero) is 1. The molecule has 0 saturated carbocycles. The van der Waals surface area contributed by atoms with Gasteiger partial charge >= 0.3 is 0 Å². The minimum absolute atomic E-state index is 0.0418. The monoisotopic (exact) mass is 253 g/mol. The number of nitrogens with one attached hydrogen (secondary N) is 1. The molecule has 0 amide bonds. The maximum absolute atomic E-state index is 12.7. The molecule has 0 spiro atoms. The molecule has 2 aromatic carbocycles. The number of hydrogen-bond acceptors (Lipinski definition) is 3. The quantitative estimate of drug-likeness (QED) is 0.893.